The number of hydrogen-bond acceptors (Lipinski definition) is 1. The highest BCUT2D eigenvalue weighted by molar-refractivity contribution is 4.65. The molecular weight excluding hydrogens is 242 g/mol. The van der Waals surface area contributed by atoms with Crippen LogP contribution in [-0.4, -0.2) is 18.5 Å². The Hall–Kier alpha value is -0.460. The van der Waals surface area contributed by atoms with Gasteiger partial charge in [-0.2, -0.15) is 0 Å². The summed E-state index contributed by atoms with van der Waals surface area (Å²) in [5.74, 6) is 0. The Morgan fingerprint density at radius 3 is 1.35 bits per heavy atom. The van der Waals surface area contributed by atoms with Gasteiger partial charge in [0.1, 0.15) is 0 Å². The van der Waals surface area contributed by atoms with E-state index in [-0.39, 0.29) is 0 Å². The number of rotatable bonds is 16. The number of unbranched alkanes of at least 4 members (excludes halogenated alkanes) is 13. The normalized spacial score (nSPS) is 10.7. The maximum Gasteiger partial charge on any atom is 0.0169 e. The molecular formula is C19H39N. The fourth-order valence-electron chi connectivity index (χ4n) is 2.65. The molecule has 120 valence electrons. The summed E-state index contributed by atoms with van der Waals surface area (Å²) in [7, 11) is 2.11. The van der Waals surface area contributed by atoms with Crippen molar-refractivity contribution in [3.8, 4) is 0 Å². The minimum Gasteiger partial charge on any atom is -0.381 e. The molecule has 0 bridgehead atoms. The fraction of sp³-hybridized carbons (Fsp3) is 0.895. The monoisotopic (exact) mass is 281 g/mol. The zero-order valence-electron chi connectivity index (χ0n) is 14.3. The minimum atomic E-state index is 1.17. The van der Waals surface area contributed by atoms with E-state index in [1.165, 1.54) is 96.4 Å². The summed E-state index contributed by atoms with van der Waals surface area (Å²) in [6.45, 7) is 7.23. The van der Waals surface area contributed by atoms with Gasteiger partial charge in [0.05, 0.1) is 0 Å². The lowest BCUT2D eigenvalue weighted by Crippen LogP contribution is -2.11. The van der Waals surface area contributed by atoms with Crippen LogP contribution in [0.25, 0.3) is 0 Å². The van der Waals surface area contributed by atoms with Crippen LogP contribution in [0.3, 0.4) is 0 Å². The van der Waals surface area contributed by atoms with E-state index >= 15 is 0 Å². The summed E-state index contributed by atoms with van der Waals surface area (Å²) < 4.78 is 0. The highest BCUT2D eigenvalue weighted by Gasteiger charge is 1.94. The summed E-state index contributed by atoms with van der Waals surface area (Å²) >= 11 is 0. The summed E-state index contributed by atoms with van der Waals surface area (Å²) in [6.07, 6.45) is 22.0. The summed E-state index contributed by atoms with van der Waals surface area (Å²) in [4.78, 5) is 2.18. The van der Waals surface area contributed by atoms with Gasteiger partial charge in [-0.1, -0.05) is 97.0 Å². The van der Waals surface area contributed by atoms with Crippen LogP contribution in [-0.2, 0) is 0 Å². The van der Waals surface area contributed by atoms with E-state index in [1.54, 1.807) is 0 Å². The van der Waals surface area contributed by atoms with Crippen LogP contribution in [0.5, 0.6) is 0 Å². The highest BCUT2D eigenvalue weighted by atomic mass is 15.1. The Balaban J connectivity index is 2.97. The predicted molar refractivity (Wildman–Crippen MR) is 93.1 cm³/mol. The standard InChI is InChI=1S/C19H39N/c1-4-6-7-8-9-10-11-12-13-14-15-16-17-18-19-20(3)5-2/h5H,2,4,6-19H2,1,3H3. The fourth-order valence-corrected chi connectivity index (χ4v) is 2.65. The topological polar surface area (TPSA) is 3.24 Å². The maximum atomic E-state index is 3.77. The van der Waals surface area contributed by atoms with E-state index in [4.69, 9.17) is 0 Å². The zero-order chi connectivity index (χ0) is 14.9. The van der Waals surface area contributed by atoms with Gasteiger partial charge in [0.25, 0.3) is 0 Å². The van der Waals surface area contributed by atoms with Crippen molar-refractivity contribution in [1.82, 2.24) is 4.90 Å². The van der Waals surface area contributed by atoms with Crippen molar-refractivity contribution in [3.05, 3.63) is 12.8 Å². The van der Waals surface area contributed by atoms with Gasteiger partial charge in [0.15, 0.2) is 0 Å². The molecule has 0 fully saturated rings. The summed E-state index contributed by atoms with van der Waals surface area (Å²) in [6, 6.07) is 0. The molecule has 0 unspecified atom stereocenters. The molecule has 0 aliphatic heterocycles. The largest absolute Gasteiger partial charge is 0.381 e. The van der Waals surface area contributed by atoms with Gasteiger partial charge >= 0.3 is 0 Å². The molecule has 1 nitrogen and oxygen atoms in total. The summed E-state index contributed by atoms with van der Waals surface area (Å²) in [5.41, 5.74) is 0. The SMILES string of the molecule is C=CN(C)CCCCCCCCCCCCCCCC. The first-order valence-electron chi connectivity index (χ1n) is 9.14. The van der Waals surface area contributed by atoms with Gasteiger partial charge in [-0.25, -0.2) is 0 Å². The van der Waals surface area contributed by atoms with Gasteiger partial charge in [0.2, 0.25) is 0 Å². The Morgan fingerprint density at radius 1 is 0.650 bits per heavy atom. The molecule has 0 N–H and O–H groups in total. The van der Waals surface area contributed by atoms with Crippen LogP contribution >= 0.6 is 0 Å². The van der Waals surface area contributed by atoms with Crippen LogP contribution in [0.2, 0.25) is 0 Å². The first-order chi connectivity index (χ1) is 9.81. The van der Waals surface area contributed by atoms with Crippen LogP contribution in [0, 0.1) is 0 Å². The smallest absolute Gasteiger partial charge is 0.0169 e. The number of nitrogens with zero attached hydrogens (tertiary/aromatic N) is 1. The second kappa shape index (κ2) is 16.6. The van der Waals surface area contributed by atoms with E-state index in [0.717, 1.165) is 0 Å². The third kappa shape index (κ3) is 15.6. The second-order valence-corrected chi connectivity index (χ2v) is 6.26. The molecule has 0 radical (unpaired) electrons. The van der Waals surface area contributed by atoms with Crippen LogP contribution in [0.1, 0.15) is 96.8 Å². The third-order valence-corrected chi connectivity index (χ3v) is 4.18. The lowest BCUT2D eigenvalue weighted by atomic mass is 10.0. The van der Waals surface area contributed by atoms with Gasteiger partial charge in [0, 0.05) is 13.6 Å². The van der Waals surface area contributed by atoms with Gasteiger partial charge < -0.3 is 4.90 Å². The molecule has 0 aliphatic carbocycles. The lowest BCUT2D eigenvalue weighted by molar-refractivity contribution is 0.429. The highest BCUT2D eigenvalue weighted by Crippen LogP contribution is 2.12. The third-order valence-electron chi connectivity index (χ3n) is 4.18. The second-order valence-electron chi connectivity index (χ2n) is 6.26. The zero-order valence-corrected chi connectivity index (χ0v) is 14.3. The van der Waals surface area contributed by atoms with E-state index < -0.39 is 0 Å². The molecule has 0 spiro atoms. The van der Waals surface area contributed by atoms with Crippen molar-refractivity contribution in [1.29, 1.82) is 0 Å². The molecule has 0 rings (SSSR count). The van der Waals surface area contributed by atoms with Crippen LogP contribution < -0.4 is 0 Å². The molecule has 0 aromatic carbocycles. The van der Waals surface area contributed by atoms with Crippen LogP contribution in [0.15, 0.2) is 12.8 Å². The Bertz CT molecular complexity index is 188. The predicted octanol–water partition coefficient (Wildman–Crippen LogP) is 6.54. The number of hydrogen-bond donors (Lipinski definition) is 0. The maximum absolute atomic E-state index is 3.77. The molecule has 0 saturated carbocycles. The van der Waals surface area contributed by atoms with E-state index in [9.17, 15) is 0 Å². The molecule has 0 aliphatic rings. The minimum absolute atomic E-state index is 1.17. The lowest BCUT2D eigenvalue weighted by Gasteiger charge is -2.12. The average molecular weight is 282 g/mol. The van der Waals surface area contributed by atoms with Crippen molar-refractivity contribution in [2.24, 2.45) is 0 Å². The molecule has 0 aromatic rings. The molecule has 0 amide bonds. The van der Waals surface area contributed by atoms with Gasteiger partial charge in [-0.05, 0) is 12.6 Å². The Kier molecular flexibility index (Phi) is 16.2. The van der Waals surface area contributed by atoms with Crippen LogP contribution in [0.4, 0.5) is 0 Å². The van der Waals surface area contributed by atoms with E-state index in [1.807, 2.05) is 6.20 Å². The van der Waals surface area contributed by atoms with Crippen molar-refractivity contribution in [3.63, 3.8) is 0 Å². The van der Waals surface area contributed by atoms with Crippen molar-refractivity contribution in [2.75, 3.05) is 13.6 Å². The average Bonchev–Trinajstić information content (AvgIpc) is 2.47. The Morgan fingerprint density at radius 2 is 1.00 bits per heavy atom. The van der Waals surface area contributed by atoms with Crippen molar-refractivity contribution >= 4 is 0 Å². The molecule has 0 saturated heterocycles. The summed E-state index contributed by atoms with van der Waals surface area (Å²) in [5, 5.41) is 0. The molecule has 0 aromatic heterocycles. The van der Waals surface area contributed by atoms with Crippen molar-refractivity contribution in [2.45, 2.75) is 96.8 Å². The molecule has 0 heterocycles. The van der Waals surface area contributed by atoms with Gasteiger partial charge in [-0.3, -0.25) is 0 Å². The first kappa shape index (κ1) is 19.5. The van der Waals surface area contributed by atoms with Crippen molar-refractivity contribution < 1.29 is 0 Å². The quantitative estimate of drug-likeness (QED) is 0.290. The van der Waals surface area contributed by atoms with E-state index in [2.05, 4.69) is 25.5 Å². The first-order valence-corrected chi connectivity index (χ1v) is 9.14. The molecule has 20 heavy (non-hydrogen) atoms. The molecule has 0 atom stereocenters. The Labute approximate surface area is 128 Å². The molecule has 1 heteroatoms. The van der Waals surface area contributed by atoms with Gasteiger partial charge in [-0.15, -0.1) is 0 Å². The van der Waals surface area contributed by atoms with E-state index in [0.29, 0.717) is 0 Å².